The molecular formula is C9H9FS. The maximum absolute atomic E-state index is 13.1. The lowest BCUT2D eigenvalue weighted by Gasteiger charge is -2.28. The first kappa shape index (κ1) is 7.17. The summed E-state index contributed by atoms with van der Waals surface area (Å²) in [6.07, 6.45) is 7.33. The molecule has 58 valence electrons. The molecule has 0 saturated carbocycles. The molecule has 2 heteroatoms. The zero-order valence-electron chi connectivity index (χ0n) is 6.25. The molecule has 1 aliphatic heterocycles. The molecule has 0 amide bonds. The molecule has 0 aromatic heterocycles. The van der Waals surface area contributed by atoms with Crippen molar-refractivity contribution in [1.29, 1.82) is 0 Å². The van der Waals surface area contributed by atoms with Crippen molar-refractivity contribution in [2.75, 3.05) is 0 Å². The quantitative estimate of drug-likeness (QED) is 0.535. The maximum atomic E-state index is 13.1. The Balaban J connectivity index is 2.40. The molecular weight excluding hydrogens is 159 g/mol. The van der Waals surface area contributed by atoms with E-state index in [0.717, 1.165) is 0 Å². The summed E-state index contributed by atoms with van der Waals surface area (Å²) in [6.45, 7) is 2.06. The van der Waals surface area contributed by atoms with E-state index < -0.39 is 0 Å². The Kier molecular flexibility index (Phi) is 1.46. The minimum atomic E-state index is -0.0567. The third-order valence-corrected chi connectivity index (χ3v) is 3.38. The minimum Gasteiger partial charge on any atom is -0.211 e. The molecule has 0 nitrogen and oxygen atoms in total. The van der Waals surface area contributed by atoms with E-state index in [9.17, 15) is 4.39 Å². The average Bonchev–Trinajstić information content (AvgIpc) is 2.31. The summed E-state index contributed by atoms with van der Waals surface area (Å²) < 4.78 is 13.1. The van der Waals surface area contributed by atoms with E-state index in [1.807, 2.05) is 11.5 Å². The van der Waals surface area contributed by atoms with E-state index in [4.69, 9.17) is 0 Å². The van der Waals surface area contributed by atoms with E-state index in [-0.39, 0.29) is 16.5 Å². The zero-order chi connectivity index (χ0) is 7.90. The summed E-state index contributed by atoms with van der Waals surface area (Å²) in [5, 5.41) is 1.98. The van der Waals surface area contributed by atoms with Crippen LogP contribution < -0.4 is 0 Å². The number of allylic oxidation sites excluding steroid dienone is 4. The van der Waals surface area contributed by atoms with Crippen LogP contribution in [0.4, 0.5) is 4.39 Å². The van der Waals surface area contributed by atoms with Crippen LogP contribution in [0.1, 0.15) is 6.92 Å². The molecule has 1 aliphatic carbocycles. The van der Waals surface area contributed by atoms with Crippen molar-refractivity contribution in [1.82, 2.24) is 0 Å². The Hall–Kier alpha value is -0.500. The van der Waals surface area contributed by atoms with Gasteiger partial charge in [-0.2, -0.15) is 0 Å². The molecule has 0 fully saturated rings. The molecule has 0 radical (unpaired) electrons. The molecule has 0 aromatic rings. The van der Waals surface area contributed by atoms with E-state index in [2.05, 4.69) is 13.0 Å². The van der Waals surface area contributed by atoms with Crippen LogP contribution in [-0.4, -0.2) is 4.75 Å². The number of hydrogen-bond acceptors (Lipinski definition) is 1. The molecule has 11 heavy (non-hydrogen) atoms. The van der Waals surface area contributed by atoms with Gasteiger partial charge in [-0.3, -0.25) is 0 Å². The summed E-state index contributed by atoms with van der Waals surface area (Å²) >= 11 is 1.68. The summed E-state index contributed by atoms with van der Waals surface area (Å²) in [6, 6.07) is 0. The topological polar surface area (TPSA) is 0 Å². The van der Waals surface area contributed by atoms with Gasteiger partial charge in [-0.25, -0.2) is 4.39 Å². The molecule has 2 unspecified atom stereocenters. The van der Waals surface area contributed by atoms with Crippen LogP contribution in [0.2, 0.25) is 0 Å². The van der Waals surface area contributed by atoms with Gasteiger partial charge in [-0.15, -0.1) is 11.8 Å². The fraction of sp³-hybridized carbons (Fsp3) is 0.333. The second kappa shape index (κ2) is 2.24. The van der Waals surface area contributed by atoms with Gasteiger partial charge in [0.25, 0.3) is 0 Å². The highest BCUT2D eigenvalue weighted by molar-refractivity contribution is 8.03. The van der Waals surface area contributed by atoms with Gasteiger partial charge in [0.1, 0.15) is 5.83 Å². The number of rotatable bonds is 0. The molecule has 2 rings (SSSR count). The Labute approximate surface area is 69.9 Å². The van der Waals surface area contributed by atoms with Crippen molar-refractivity contribution in [3.8, 4) is 0 Å². The SMILES string of the molecule is CC12C=CC=C(F)C1C=CS2. The van der Waals surface area contributed by atoms with Crippen molar-refractivity contribution in [2.24, 2.45) is 5.92 Å². The number of thioether (sulfide) groups is 1. The summed E-state index contributed by atoms with van der Waals surface area (Å²) in [5.41, 5.74) is 0. The zero-order valence-corrected chi connectivity index (χ0v) is 7.07. The van der Waals surface area contributed by atoms with Crippen molar-refractivity contribution in [3.63, 3.8) is 0 Å². The standard InChI is InChI=1S/C9H9FS/c1-9-5-2-3-8(10)7(9)4-6-11-9/h2-7H,1H3. The van der Waals surface area contributed by atoms with Crippen LogP contribution in [-0.2, 0) is 0 Å². The Morgan fingerprint density at radius 1 is 1.64 bits per heavy atom. The van der Waals surface area contributed by atoms with E-state index in [0.29, 0.717) is 0 Å². The highest BCUT2D eigenvalue weighted by Crippen LogP contribution is 2.47. The Morgan fingerprint density at radius 3 is 3.18 bits per heavy atom. The molecule has 0 spiro atoms. The number of halogens is 1. The highest BCUT2D eigenvalue weighted by atomic mass is 32.2. The molecule has 1 heterocycles. The molecule has 2 aliphatic rings. The largest absolute Gasteiger partial charge is 0.211 e. The fourth-order valence-corrected chi connectivity index (χ4v) is 2.50. The molecule has 0 saturated heterocycles. The molecule has 0 N–H and O–H groups in total. The van der Waals surface area contributed by atoms with Gasteiger partial charge in [0.05, 0.1) is 0 Å². The average molecular weight is 168 g/mol. The Morgan fingerprint density at radius 2 is 2.45 bits per heavy atom. The van der Waals surface area contributed by atoms with Crippen LogP contribution in [0, 0.1) is 5.92 Å². The first-order chi connectivity index (χ1) is 5.22. The van der Waals surface area contributed by atoms with E-state index in [1.165, 1.54) is 0 Å². The third kappa shape index (κ3) is 0.968. The lowest BCUT2D eigenvalue weighted by atomic mass is 9.88. The van der Waals surface area contributed by atoms with Gasteiger partial charge < -0.3 is 0 Å². The lowest BCUT2D eigenvalue weighted by Crippen LogP contribution is -2.26. The second-order valence-corrected chi connectivity index (χ2v) is 4.41. The van der Waals surface area contributed by atoms with Gasteiger partial charge in [-0.05, 0) is 18.4 Å². The summed E-state index contributed by atoms with van der Waals surface area (Å²) in [5.74, 6) is -0.0475. The number of fused-ring (bicyclic) bond motifs is 1. The van der Waals surface area contributed by atoms with E-state index in [1.54, 1.807) is 23.9 Å². The van der Waals surface area contributed by atoms with Gasteiger partial charge >= 0.3 is 0 Å². The van der Waals surface area contributed by atoms with Crippen LogP contribution >= 0.6 is 11.8 Å². The monoisotopic (exact) mass is 168 g/mol. The van der Waals surface area contributed by atoms with Crippen LogP contribution in [0.25, 0.3) is 0 Å². The van der Waals surface area contributed by atoms with Crippen LogP contribution in [0.15, 0.2) is 35.5 Å². The number of hydrogen-bond donors (Lipinski definition) is 0. The second-order valence-electron chi connectivity index (χ2n) is 3.02. The van der Waals surface area contributed by atoms with Gasteiger partial charge in [0, 0.05) is 10.7 Å². The lowest BCUT2D eigenvalue weighted by molar-refractivity contribution is 0.482. The fourth-order valence-electron chi connectivity index (χ4n) is 1.47. The predicted octanol–water partition coefficient (Wildman–Crippen LogP) is 3.05. The molecule has 0 bridgehead atoms. The third-order valence-electron chi connectivity index (χ3n) is 2.19. The molecule has 2 atom stereocenters. The summed E-state index contributed by atoms with van der Waals surface area (Å²) in [4.78, 5) is 0. The minimum absolute atomic E-state index is 0.0174. The van der Waals surface area contributed by atoms with Gasteiger partial charge in [0.15, 0.2) is 0 Å². The van der Waals surface area contributed by atoms with E-state index >= 15 is 0 Å². The van der Waals surface area contributed by atoms with Crippen molar-refractivity contribution in [3.05, 3.63) is 35.5 Å². The highest BCUT2D eigenvalue weighted by Gasteiger charge is 2.38. The van der Waals surface area contributed by atoms with Crippen LogP contribution in [0.5, 0.6) is 0 Å². The molecule has 0 aromatic carbocycles. The maximum Gasteiger partial charge on any atom is 0.108 e. The first-order valence-corrected chi connectivity index (χ1v) is 4.50. The normalized spacial score (nSPS) is 40.5. The van der Waals surface area contributed by atoms with Crippen LogP contribution in [0.3, 0.4) is 0 Å². The van der Waals surface area contributed by atoms with Crippen molar-refractivity contribution < 1.29 is 4.39 Å². The smallest absolute Gasteiger partial charge is 0.108 e. The Bertz CT molecular complexity index is 265. The van der Waals surface area contributed by atoms with Gasteiger partial charge in [0.2, 0.25) is 0 Å². The van der Waals surface area contributed by atoms with Crippen molar-refractivity contribution in [2.45, 2.75) is 11.7 Å². The van der Waals surface area contributed by atoms with Gasteiger partial charge in [-0.1, -0.05) is 18.2 Å². The first-order valence-electron chi connectivity index (χ1n) is 3.62. The predicted molar refractivity (Wildman–Crippen MR) is 47.0 cm³/mol. The summed E-state index contributed by atoms with van der Waals surface area (Å²) in [7, 11) is 0. The van der Waals surface area contributed by atoms with Crippen molar-refractivity contribution >= 4 is 11.8 Å².